The van der Waals surface area contributed by atoms with Gasteiger partial charge in [0.2, 0.25) is 0 Å². The van der Waals surface area contributed by atoms with Crippen molar-refractivity contribution in [3.05, 3.63) is 69.2 Å². The largest absolute Gasteiger partial charge is 0.320 e. The molecule has 1 amide bonds. The van der Waals surface area contributed by atoms with Crippen molar-refractivity contribution >= 4 is 40.9 Å². The maximum Gasteiger partial charge on any atom is 0.266 e. The Labute approximate surface area is 140 Å². The lowest BCUT2D eigenvalue weighted by molar-refractivity contribution is -0.112. The fourth-order valence-electron chi connectivity index (χ4n) is 1.72. The lowest BCUT2D eigenvalue weighted by Crippen LogP contribution is -2.14. The molecule has 0 heterocycles. The number of anilines is 1. The van der Waals surface area contributed by atoms with Gasteiger partial charge in [-0.3, -0.25) is 4.79 Å². The van der Waals surface area contributed by atoms with Gasteiger partial charge >= 0.3 is 0 Å². The second kappa shape index (κ2) is 7.23. The molecule has 0 fully saturated rings. The Hall–Kier alpha value is -2.42. The van der Waals surface area contributed by atoms with E-state index in [1.54, 1.807) is 6.07 Å². The molecule has 23 heavy (non-hydrogen) atoms. The van der Waals surface area contributed by atoms with E-state index < -0.39 is 23.1 Å². The van der Waals surface area contributed by atoms with Crippen LogP contribution in [0.4, 0.5) is 14.5 Å². The molecule has 0 aliphatic carbocycles. The van der Waals surface area contributed by atoms with Gasteiger partial charge in [0.1, 0.15) is 11.6 Å². The molecule has 0 saturated heterocycles. The fourth-order valence-corrected chi connectivity index (χ4v) is 2.06. The van der Waals surface area contributed by atoms with Gasteiger partial charge in [-0.05, 0) is 30.3 Å². The monoisotopic (exact) mass is 352 g/mol. The zero-order valence-electron chi connectivity index (χ0n) is 11.4. The maximum absolute atomic E-state index is 13.6. The summed E-state index contributed by atoms with van der Waals surface area (Å²) >= 11 is 11.7. The molecule has 2 aromatic rings. The molecule has 0 aliphatic heterocycles. The predicted octanol–water partition coefficient (Wildman–Crippen LogP) is 4.82. The van der Waals surface area contributed by atoms with Crippen LogP contribution in [0.15, 0.2) is 42.0 Å². The molecule has 0 radical (unpaired) electrons. The predicted molar refractivity (Wildman–Crippen MR) is 85.0 cm³/mol. The second-order valence-corrected chi connectivity index (χ2v) is 5.23. The Kier molecular flexibility index (Phi) is 5.32. The number of nitrogens with one attached hydrogen (secondary N) is 1. The van der Waals surface area contributed by atoms with Crippen LogP contribution >= 0.6 is 23.2 Å². The van der Waals surface area contributed by atoms with Crippen molar-refractivity contribution in [1.29, 1.82) is 5.26 Å². The number of hydrogen-bond donors (Lipinski definition) is 1. The third kappa shape index (κ3) is 4.07. The van der Waals surface area contributed by atoms with E-state index >= 15 is 0 Å². The van der Waals surface area contributed by atoms with E-state index in [9.17, 15) is 13.6 Å². The molecular formula is C16H8Cl2F2N2O. The lowest BCUT2D eigenvalue weighted by atomic mass is 10.1. The number of hydrogen-bond acceptors (Lipinski definition) is 2. The lowest BCUT2D eigenvalue weighted by Gasteiger charge is -2.07. The molecule has 116 valence electrons. The number of nitrogens with zero attached hydrogens (tertiary/aromatic N) is 1. The van der Waals surface area contributed by atoms with Gasteiger partial charge in [0, 0.05) is 10.6 Å². The summed E-state index contributed by atoms with van der Waals surface area (Å²) in [4.78, 5) is 12.1. The van der Waals surface area contributed by atoms with Crippen LogP contribution in [0.1, 0.15) is 5.56 Å². The normalized spacial score (nSPS) is 11.0. The Bertz CT molecular complexity index is 844. The summed E-state index contributed by atoms with van der Waals surface area (Å²) in [6.07, 6.45) is 0.951. The van der Waals surface area contributed by atoms with E-state index in [2.05, 4.69) is 5.32 Å². The van der Waals surface area contributed by atoms with E-state index in [-0.39, 0.29) is 16.3 Å². The summed E-state index contributed by atoms with van der Waals surface area (Å²) in [6, 6.07) is 9.49. The summed E-state index contributed by atoms with van der Waals surface area (Å²) in [5, 5.41) is 12.0. The average Bonchev–Trinajstić information content (AvgIpc) is 2.52. The van der Waals surface area contributed by atoms with Crippen molar-refractivity contribution in [3.63, 3.8) is 0 Å². The first-order chi connectivity index (χ1) is 10.9. The summed E-state index contributed by atoms with van der Waals surface area (Å²) < 4.78 is 26.8. The summed E-state index contributed by atoms with van der Waals surface area (Å²) in [5.74, 6) is -3.04. The second-order valence-electron chi connectivity index (χ2n) is 4.39. The van der Waals surface area contributed by atoms with Gasteiger partial charge in [0.25, 0.3) is 5.91 Å². The third-order valence-electron chi connectivity index (χ3n) is 2.82. The number of amides is 1. The van der Waals surface area contributed by atoms with Crippen LogP contribution in [-0.4, -0.2) is 5.91 Å². The molecule has 0 saturated carbocycles. The van der Waals surface area contributed by atoms with E-state index in [0.29, 0.717) is 5.02 Å². The van der Waals surface area contributed by atoms with Crippen LogP contribution in [0, 0.1) is 23.0 Å². The SMILES string of the molecule is N#CC(=Cc1cccc(F)c1F)C(=O)Nc1cc(Cl)ccc1Cl. The first kappa shape index (κ1) is 16.9. The van der Waals surface area contributed by atoms with Crippen molar-refractivity contribution < 1.29 is 13.6 Å². The first-order valence-electron chi connectivity index (χ1n) is 6.24. The first-order valence-corrected chi connectivity index (χ1v) is 7.00. The molecule has 0 spiro atoms. The zero-order valence-corrected chi connectivity index (χ0v) is 12.9. The molecule has 0 aliphatic rings. The van der Waals surface area contributed by atoms with Crippen LogP contribution in [0.25, 0.3) is 6.08 Å². The van der Waals surface area contributed by atoms with Crippen LogP contribution in [-0.2, 0) is 4.79 Å². The van der Waals surface area contributed by atoms with Crippen LogP contribution in [0.3, 0.4) is 0 Å². The number of carbonyl (C=O) groups is 1. The fraction of sp³-hybridized carbons (Fsp3) is 0. The van der Waals surface area contributed by atoms with E-state index in [4.69, 9.17) is 28.5 Å². The highest BCUT2D eigenvalue weighted by atomic mass is 35.5. The quantitative estimate of drug-likeness (QED) is 0.636. The summed E-state index contributed by atoms with van der Waals surface area (Å²) in [5.41, 5.74) is -0.426. The molecule has 0 bridgehead atoms. The molecule has 2 rings (SSSR count). The number of carbonyl (C=O) groups excluding carboxylic acids is 1. The molecule has 7 heteroatoms. The van der Waals surface area contributed by atoms with Gasteiger partial charge in [0.15, 0.2) is 11.6 Å². The van der Waals surface area contributed by atoms with Crippen LogP contribution in [0.5, 0.6) is 0 Å². The zero-order chi connectivity index (χ0) is 17.0. The molecule has 3 nitrogen and oxygen atoms in total. The van der Waals surface area contributed by atoms with E-state index in [0.717, 1.165) is 12.1 Å². The minimum absolute atomic E-state index is 0.199. The Morgan fingerprint density at radius 3 is 2.65 bits per heavy atom. The number of benzene rings is 2. The standard InChI is InChI=1S/C16H8Cl2F2N2O/c17-11-4-5-12(18)14(7-11)22-16(23)10(8-21)6-9-2-1-3-13(19)15(9)20/h1-7H,(H,22,23). The molecule has 0 unspecified atom stereocenters. The van der Waals surface area contributed by atoms with Gasteiger partial charge in [-0.2, -0.15) is 5.26 Å². The highest BCUT2D eigenvalue weighted by Gasteiger charge is 2.14. The van der Waals surface area contributed by atoms with Crippen molar-refractivity contribution in [2.45, 2.75) is 0 Å². The smallest absolute Gasteiger partial charge is 0.266 e. The van der Waals surface area contributed by atoms with E-state index in [1.165, 1.54) is 30.3 Å². The Balaban J connectivity index is 2.32. The van der Waals surface area contributed by atoms with Crippen molar-refractivity contribution in [2.75, 3.05) is 5.32 Å². The maximum atomic E-state index is 13.6. The Morgan fingerprint density at radius 2 is 1.96 bits per heavy atom. The molecule has 1 N–H and O–H groups in total. The van der Waals surface area contributed by atoms with Gasteiger partial charge < -0.3 is 5.32 Å². The molecule has 2 aromatic carbocycles. The average molecular weight is 353 g/mol. The van der Waals surface area contributed by atoms with Crippen molar-refractivity contribution in [3.8, 4) is 6.07 Å². The van der Waals surface area contributed by atoms with Crippen molar-refractivity contribution in [2.24, 2.45) is 0 Å². The molecule has 0 atom stereocenters. The highest BCUT2D eigenvalue weighted by molar-refractivity contribution is 6.36. The van der Waals surface area contributed by atoms with Crippen LogP contribution < -0.4 is 5.32 Å². The van der Waals surface area contributed by atoms with E-state index in [1.807, 2.05) is 0 Å². The Morgan fingerprint density at radius 1 is 1.22 bits per heavy atom. The summed E-state index contributed by atoms with van der Waals surface area (Å²) in [7, 11) is 0. The minimum Gasteiger partial charge on any atom is -0.320 e. The summed E-state index contributed by atoms with van der Waals surface area (Å²) in [6.45, 7) is 0. The van der Waals surface area contributed by atoms with Crippen LogP contribution in [0.2, 0.25) is 10.0 Å². The topological polar surface area (TPSA) is 52.9 Å². The van der Waals surface area contributed by atoms with Crippen molar-refractivity contribution in [1.82, 2.24) is 0 Å². The third-order valence-corrected chi connectivity index (χ3v) is 3.39. The number of rotatable bonds is 3. The highest BCUT2D eigenvalue weighted by Crippen LogP contribution is 2.26. The molecular weight excluding hydrogens is 345 g/mol. The minimum atomic E-state index is -1.14. The molecule has 0 aromatic heterocycles. The van der Waals surface area contributed by atoms with Gasteiger partial charge in [0.05, 0.1) is 10.7 Å². The van der Waals surface area contributed by atoms with Gasteiger partial charge in [-0.15, -0.1) is 0 Å². The number of nitriles is 1. The van der Waals surface area contributed by atoms with Gasteiger partial charge in [-0.1, -0.05) is 35.3 Å². The number of halogens is 4. The van der Waals surface area contributed by atoms with Gasteiger partial charge in [-0.25, -0.2) is 8.78 Å².